The zero-order valence-electron chi connectivity index (χ0n) is 19.1. The summed E-state index contributed by atoms with van der Waals surface area (Å²) in [5.41, 5.74) is 5.77. The molecule has 166 valence electrons. The second-order valence-electron chi connectivity index (χ2n) is 8.82. The monoisotopic (exact) mass is 495 g/mol. The third kappa shape index (κ3) is 7.27. The molecule has 0 aliphatic carbocycles. The average Bonchev–Trinajstić information content (AvgIpc) is 3.04. The molecule has 0 saturated heterocycles. The summed E-state index contributed by atoms with van der Waals surface area (Å²) in [4.78, 5) is 20.6. The van der Waals surface area contributed by atoms with Crippen LogP contribution in [0.4, 0.5) is 10.5 Å². The Morgan fingerprint density at radius 3 is 2.53 bits per heavy atom. The molecule has 30 heavy (non-hydrogen) atoms. The van der Waals surface area contributed by atoms with Crippen molar-refractivity contribution in [2.24, 2.45) is 0 Å². The van der Waals surface area contributed by atoms with Crippen LogP contribution in [0.2, 0.25) is 0 Å². The Morgan fingerprint density at radius 1 is 1.30 bits per heavy atom. The lowest BCUT2D eigenvalue weighted by Crippen LogP contribution is -2.35. The predicted molar refractivity (Wildman–Crippen MR) is 131 cm³/mol. The van der Waals surface area contributed by atoms with Crippen LogP contribution in [0.15, 0.2) is 23.7 Å². The van der Waals surface area contributed by atoms with Crippen LogP contribution in [0, 0.1) is 6.92 Å². The van der Waals surface area contributed by atoms with E-state index < -0.39 is 11.7 Å². The first-order chi connectivity index (χ1) is 14.0. The molecule has 1 atom stereocenters. The number of nitrogens with one attached hydrogen (secondary N) is 1. The predicted octanol–water partition coefficient (Wildman–Crippen LogP) is 6.53. The number of aromatic nitrogens is 1. The molecule has 0 aliphatic rings. The van der Waals surface area contributed by atoms with Crippen molar-refractivity contribution >= 4 is 39.0 Å². The second kappa shape index (κ2) is 10.6. The quantitative estimate of drug-likeness (QED) is 0.422. The number of hydrogen-bond donors (Lipinski definition) is 1. The molecule has 1 aromatic heterocycles. The van der Waals surface area contributed by atoms with Gasteiger partial charge in [0.2, 0.25) is 0 Å². The van der Waals surface area contributed by atoms with E-state index in [0.29, 0.717) is 17.4 Å². The lowest BCUT2D eigenvalue weighted by Gasteiger charge is -2.32. The number of rotatable bonds is 8. The van der Waals surface area contributed by atoms with Gasteiger partial charge in [0.05, 0.1) is 16.1 Å². The number of benzene rings is 1. The largest absolute Gasteiger partial charge is 0.444 e. The summed E-state index contributed by atoms with van der Waals surface area (Å²) in [6.07, 6.45) is 0.627. The van der Waals surface area contributed by atoms with Crippen LogP contribution in [0.25, 0.3) is 10.4 Å². The SMILES string of the molecule is Cc1ncsc1-c1ccc(CNC(=O)OC(C)(C)C)c(N(CCC(C)Br)C(C)C)c1. The third-order valence-electron chi connectivity index (χ3n) is 4.62. The molecule has 1 aromatic carbocycles. The fourth-order valence-corrected chi connectivity index (χ4v) is 4.16. The summed E-state index contributed by atoms with van der Waals surface area (Å²) in [5, 5.41) is 2.91. The van der Waals surface area contributed by atoms with Gasteiger partial charge < -0.3 is 15.0 Å². The Hall–Kier alpha value is -1.60. The number of amides is 1. The van der Waals surface area contributed by atoms with Crippen molar-refractivity contribution in [3.8, 4) is 10.4 Å². The van der Waals surface area contributed by atoms with Crippen molar-refractivity contribution in [1.29, 1.82) is 0 Å². The number of anilines is 1. The summed E-state index contributed by atoms with van der Waals surface area (Å²) in [6.45, 7) is 15.6. The molecule has 5 nitrogen and oxygen atoms in total. The Kier molecular flexibility index (Phi) is 8.73. The highest BCUT2D eigenvalue weighted by Crippen LogP contribution is 2.33. The van der Waals surface area contributed by atoms with Crippen molar-refractivity contribution < 1.29 is 9.53 Å². The molecule has 1 heterocycles. The van der Waals surface area contributed by atoms with Gasteiger partial charge in [0.1, 0.15) is 5.60 Å². The van der Waals surface area contributed by atoms with Crippen molar-refractivity contribution in [3.05, 3.63) is 35.0 Å². The van der Waals surface area contributed by atoms with Crippen LogP contribution in [0.1, 0.15) is 59.2 Å². The Morgan fingerprint density at radius 2 is 2.00 bits per heavy atom. The van der Waals surface area contributed by atoms with E-state index in [1.165, 1.54) is 4.88 Å². The molecule has 0 saturated carbocycles. The topological polar surface area (TPSA) is 54.5 Å². The van der Waals surface area contributed by atoms with Crippen LogP contribution in [0.5, 0.6) is 0 Å². The van der Waals surface area contributed by atoms with Gasteiger partial charge in [0, 0.05) is 29.6 Å². The number of halogens is 1. The molecule has 0 fully saturated rings. The van der Waals surface area contributed by atoms with E-state index >= 15 is 0 Å². The van der Waals surface area contributed by atoms with E-state index in [9.17, 15) is 4.79 Å². The standard InChI is InChI=1S/C23H34BrN3O2S/c1-15(2)27(11-10-16(3)24)20-12-18(21-17(4)26-14-30-21)8-9-19(20)13-25-22(28)29-23(5,6)7/h8-9,12,14-16H,10-11,13H2,1-7H3,(H,25,28). The van der Waals surface area contributed by atoms with Crippen molar-refractivity contribution in [2.45, 2.75) is 77.9 Å². The summed E-state index contributed by atoms with van der Waals surface area (Å²) < 4.78 is 5.41. The molecule has 7 heteroatoms. The zero-order valence-corrected chi connectivity index (χ0v) is 21.5. The van der Waals surface area contributed by atoms with Gasteiger partial charge in [-0.2, -0.15) is 0 Å². The van der Waals surface area contributed by atoms with E-state index in [1.807, 2.05) is 33.2 Å². The fourth-order valence-electron chi connectivity index (χ4n) is 3.16. The van der Waals surface area contributed by atoms with E-state index in [4.69, 9.17) is 4.74 Å². The Bertz CT molecular complexity index is 843. The van der Waals surface area contributed by atoms with Gasteiger partial charge in [0.15, 0.2) is 0 Å². The smallest absolute Gasteiger partial charge is 0.407 e. The van der Waals surface area contributed by atoms with Crippen LogP contribution >= 0.6 is 27.3 Å². The minimum atomic E-state index is -0.517. The summed E-state index contributed by atoms with van der Waals surface area (Å²) in [5.74, 6) is 0. The maximum Gasteiger partial charge on any atom is 0.407 e. The number of aryl methyl sites for hydroxylation is 1. The Labute approximate surface area is 193 Å². The highest BCUT2D eigenvalue weighted by molar-refractivity contribution is 9.09. The Balaban J connectivity index is 2.37. The molecule has 2 aromatic rings. The summed E-state index contributed by atoms with van der Waals surface area (Å²) in [7, 11) is 0. The number of nitrogens with zero attached hydrogens (tertiary/aromatic N) is 2. The zero-order chi connectivity index (χ0) is 22.5. The van der Waals surface area contributed by atoms with E-state index in [0.717, 1.165) is 35.5 Å². The second-order valence-corrected chi connectivity index (χ2v) is 11.2. The first kappa shape index (κ1) is 24.7. The maximum absolute atomic E-state index is 12.2. The molecular formula is C23H34BrN3O2S. The van der Waals surface area contributed by atoms with Crippen LogP contribution in [-0.4, -0.2) is 34.1 Å². The number of hydrogen-bond acceptors (Lipinski definition) is 5. The molecule has 1 N–H and O–H groups in total. The van der Waals surface area contributed by atoms with E-state index in [1.54, 1.807) is 11.3 Å². The lowest BCUT2D eigenvalue weighted by molar-refractivity contribution is 0.0523. The van der Waals surface area contributed by atoms with Gasteiger partial charge in [-0.15, -0.1) is 11.3 Å². The number of carbonyl (C=O) groups excluding carboxylic acids is 1. The molecule has 0 aliphatic heterocycles. The van der Waals surface area contributed by atoms with Crippen LogP contribution in [0.3, 0.4) is 0 Å². The molecule has 0 bridgehead atoms. The number of ether oxygens (including phenoxy) is 1. The van der Waals surface area contributed by atoms with Crippen molar-refractivity contribution in [3.63, 3.8) is 0 Å². The average molecular weight is 497 g/mol. The molecule has 2 rings (SSSR count). The van der Waals surface area contributed by atoms with Crippen LogP contribution < -0.4 is 10.2 Å². The minimum absolute atomic E-state index is 0.328. The summed E-state index contributed by atoms with van der Waals surface area (Å²) in [6, 6.07) is 6.77. The highest BCUT2D eigenvalue weighted by Gasteiger charge is 2.20. The normalized spacial score (nSPS) is 12.7. The van der Waals surface area contributed by atoms with Gasteiger partial charge in [-0.1, -0.05) is 35.0 Å². The number of thiazole rings is 1. The minimum Gasteiger partial charge on any atom is -0.444 e. The van der Waals surface area contributed by atoms with Crippen molar-refractivity contribution in [2.75, 3.05) is 11.4 Å². The van der Waals surface area contributed by atoms with Gasteiger partial charge in [-0.3, -0.25) is 0 Å². The molecule has 1 amide bonds. The lowest BCUT2D eigenvalue weighted by atomic mass is 10.0. The fraction of sp³-hybridized carbons (Fsp3) is 0.565. The molecule has 1 unspecified atom stereocenters. The van der Waals surface area contributed by atoms with Crippen molar-refractivity contribution in [1.82, 2.24) is 10.3 Å². The van der Waals surface area contributed by atoms with E-state index in [2.05, 4.69) is 70.1 Å². The maximum atomic E-state index is 12.2. The first-order valence-electron chi connectivity index (χ1n) is 10.4. The van der Waals surface area contributed by atoms with E-state index in [-0.39, 0.29) is 0 Å². The third-order valence-corrected chi connectivity index (χ3v) is 6.05. The van der Waals surface area contributed by atoms with Gasteiger partial charge in [-0.25, -0.2) is 9.78 Å². The molecule has 0 radical (unpaired) electrons. The summed E-state index contributed by atoms with van der Waals surface area (Å²) >= 11 is 5.32. The number of carbonyl (C=O) groups is 1. The molecule has 0 spiro atoms. The number of alkyl carbamates (subject to hydrolysis) is 1. The highest BCUT2D eigenvalue weighted by atomic mass is 79.9. The first-order valence-corrected chi connectivity index (χ1v) is 12.2. The van der Waals surface area contributed by atoms with Crippen LogP contribution in [-0.2, 0) is 11.3 Å². The number of alkyl halides is 1. The van der Waals surface area contributed by atoms with Gasteiger partial charge >= 0.3 is 6.09 Å². The molecular weight excluding hydrogens is 462 g/mol. The van der Waals surface area contributed by atoms with Gasteiger partial charge in [0.25, 0.3) is 0 Å². The van der Waals surface area contributed by atoms with Gasteiger partial charge in [-0.05, 0) is 65.2 Å².